The summed E-state index contributed by atoms with van der Waals surface area (Å²) in [5.41, 5.74) is 1.93. The Hall–Kier alpha value is -3.20. The monoisotopic (exact) mass is 399 g/mol. The summed E-state index contributed by atoms with van der Waals surface area (Å²) < 4.78 is 23.2. The molecule has 2 aromatic carbocycles. The summed E-state index contributed by atoms with van der Waals surface area (Å²) in [6.45, 7) is 0.185. The number of H-pyrrole nitrogens is 1. The van der Waals surface area contributed by atoms with Crippen molar-refractivity contribution in [2.24, 2.45) is 0 Å². The molecule has 1 aromatic heterocycles. The van der Waals surface area contributed by atoms with Gasteiger partial charge in [0, 0.05) is 35.8 Å². The van der Waals surface area contributed by atoms with Crippen molar-refractivity contribution in [3.05, 3.63) is 64.2 Å². The molecule has 144 valence electrons. The van der Waals surface area contributed by atoms with Crippen LogP contribution in [0.2, 0.25) is 0 Å². The second kappa shape index (κ2) is 6.75. The molecule has 0 spiro atoms. The number of hydrogen-bond donors (Lipinski definition) is 1. The summed E-state index contributed by atoms with van der Waals surface area (Å²) in [4.78, 5) is 28.4. The number of benzene rings is 2. The Morgan fingerprint density at radius 3 is 2.39 bits per heavy atom. The number of aromatic amines is 1. The highest BCUT2D eigenvalue weighted by atomic mass is 32.2. The molecule has 1 amide bonds. The van der Waals surface area contributed by atoms with Crippen LogP contribution >= 0.6 is 0 Å². The zero-order valence-corrected chi connectivity index (χ0v) is 15.6. The van der Waals surface area contributed by atoms with Crippen molar-refractivity contribution in [2.75, 3.05) is 24.6 Å². The lowest BCUT2D eigenvalue weighted by atomic mass is 10.1. The van der Waals surface area contributed by atoms with Crippen LogP contribution in [0, 0.1) is 10.1 Å². The molecule has 28 heavy (non-hydrogen) atoms. The van der Waals surface area contributed by atoms with Crippen LogP contribution in [-0.2, 0) is 9.84 Å². The third-order valence-electron chi connectivity index (χ3n) is 4.87. The Morgan fingerprint density at radius 2 is 1.75 bits per heavy atom. The fourth-order valence-electron chi connectivity index (χ4n) is 3.36. The van der Waals surface area contributed by atoms with Crippen LogP contribution in [0.4, 0.5) is 5.69 Å². The van der Waals surface area contributed by atoms with Crippen molar-refractivity contribution in [1.29, 1.82) is 0 Å². The fourth-order valence-corrected chi connectivity index (χ4v) is 4.57. The minimum absolute atomic E-state index is 0.0919. The van der Waals surface area contributed by atoms with Crippen LogP contribution in [0.25, 0.3) is 22.2 Å². The van der Waals surface area contributed by atoms with Gasteiger partial charge in [-0.25, -0.2) is 8.42 Å². The molecule has 1 N–H and O–H groups in total. The van der Waals surface area contributed by atoms with E-state index in [9.17, 15) is 23.3 Å². The summed E-state index contributed by atoms with van der Waals surface area (Å²) in [5, 5.41) is 12.1. The first-order valence-corrected chi connectivity index (χ1v) is 10.5. The lowest BCUT2D eigenvalue weighted by molar-refractivity contribution is -0.383. The standard InChI is InChI=1S/C19H17N3O5S/c23-19(21-6-8-28(26,27)9-7-21)15-10-14-11-16(13-4-2-1-3-5-13)20-18(14)17(12-15)22(24)25/h1-5,10-12,20H,6-9H2. The molecule has 1 aliphatic heterocycles. The SMILES string of the molecule is O=C(c1cc([N+](=O)[O-])c2[nH]c(-c3ccccc3)cc2c1)N1CCS(=O)(=O)CC1. The number of nitrogens with zero attached hydrogens (tertiary/aromatic N) is 2. The summed E-state index contributed by atoms with van der Waals surface area (Å²) >= 11 is 0. The van der Waals surface area contributed by atoms with E-state index in [-0.39, 0.29) is 35.8 Å². The maximum atomic E-state index is 12.8. The van der Waals surface area contributed by atoms with Gasteiger partial charge in [-0.15, -0.1) is 0 Å². The van der Waals surface area contributed by atoms with E-state index in [4.69, 9.17) is 0 Å². The highest BCUT2D eigenvalue weighted by molar-refractivity contribution is 7.91. The first-order chi connectivity index (χ1) is 13.3. The topological polar surface area (TPSA) is 113 Å². The van der Waals surface area contributed by atoms with E-state index in [1.807, 2.05) is 30.3 Å². The molecular formula is C19H17N3O5S. The summed E-state index contributed by atoms with van der Waals surface area (Å²) in [6, 6.07) is 14.0. The van der Waals surface area contributed by atoms with Crippen LogP contribution < -0.4 is 0 Å². The zero-order valence-electron chi connectivity index (χ0n) is 14.8. The van der Waals surface area contributed by atoms with Crippen LogP contribution in [0.15, 0.2) is 48.5 Å². The number of rotatable bonds is 3. The predicted octanol–water partition coefficient (Wildman–Crippen LogP) is 2.61. The molecule has 4 rings (SSSR count). The maximum absolute atomic E-state index is 12.8. The number of amides is 1. The van der Waals surface area contributed by atoms with Crippen molar-refractivity contribution in [2.45, 2.75) is 0 Å². The normalized spacial score (nSPS) is 16.2. The highest BCUT2D eigenvalue weighted by Crippen LogP contribution is 2.32. The average molecular weight is 399 g/mol. The van der Waals surface area contributed by atoms with Crippen molar-refractivity contribution in [3.63, 3.8) is 0 Å². The van der Waals surface area contributed by atoms with E-state index in [2.05, 4.69) is 4.98 Å². The third kappa shape index (κ3) is 3.36. The lowest BCUT2D eigenvalue weighted by Crippen LogP contribution is -2.43. The molecule has 0 saturated carbocycles. The third-order valence-corrected chi connectivity index (χ3v) is 6.48. The number of sulfone groups is 1. The first-order valence-electron chi connectivity index (χ1n) is 8.70. The van der Waals surface area contributed by atoms with Gasteiger partial charge in [-0.2, -0.15) is 0 Å². The maximum Gasteiger partial charge on any atom is 0.294 e. The quantitative estimate of drug-likeness (QED) is 0.537. The molecule has 0 radical (unpaired) electrons. The summed E-state index contributed by atoms with van der Waals surface area (Å²) in [5.74, 6) is -0.584. The zero-order chi connectivity index (χ0) is 19.9. The number of fused-ring (bicyclic) bond motifs is 1. The number of nitrogens with one attached hydrogen (secondary N) is 1. The van der Waals surface area contributed by atoms with Crippen molar-refractivity contribution in [3.8, 4) is 11.3 Å². The molecule has 0 bridgehead atoms. The van der Waals surface area contributed by atoms with E-state index in [1.54, 1.807) is 12.1 Å². The molecular weight excluding hydrogens is 382 g/mol. The number of carbonyl (C=O) groups excluding carboxylic acids is 1. The van der Waals surface area contributed by atoms with Gasteiger partial charge in [-0.3, -0.25) is 14.9 Å². The van der Waals surface area contributed by atoms with E-state index in [0.29, 0.717) is 16.6 Å². The molecule has 2 heterocycles. The number of hydrogen-bond acceptors (Lipinski definition) is 5. The number of nitro groups is 1. The second-order valence-electron chi connectivity index (χ2n) is 6.71. The van der Waals surface area contributed by atoms with E-state index in [0.717, 1.165) is 5.56 Å². The van der Waals surface area contributed by atoms with Crippen LogP contribution in [0.1, 0.15) is 10.4 Å². The second-order valence-corrected chi connectivity index (χ2v) is 9.01. The number of non-ortho nitro benzene ring substituents is 1. The molecule has 3 aromatic rings. The van der Waals surface area contributed by atoms with Gasteiger partial charge < -0.3 is 9.88 Å². The minimum atomic E-state index is -3.12. The molecule has 1 aliphatic rings. The van der Waals surface area contributed by atoms with Gasteiger partial charge in [0.15, 0.2) is 9.84 Å². The van der Waals surface area contributed by atoms with Crippen molar-refractivity contribution < 1.29 is 18.1 Å². The Balaban J connectivity index is 1.75. The van der Waals surface area contributed by atoms with Crippen LogP contribution in [0.3, 0.4) is 0 Å². The Morgan fingerprint density at radius 1 is 1.07 bits per heavy atom. The molecule has 1 fully saturated rings. The Labute approximate surface area is 160 Å². The fraction of sp³-hybridized carbons (Fsp3) is 0.211. The summed E-state index contributed by atoms with van der Waals surface area (Å²) in [6.07, 6.45) is 0. The average Bonchev–Trinajstić information content (AvgIpc) is 3.11. The largest absolute Gasteiger partial charge is 0.349 e. The van der Waals surface area contributed by atoms with Crippen LogP contribution in [0.5, 0.6) is 0 Å². The van der Waals surface area contributed by atoms with Crippen molar-refractivity contribution >= 4 is 32.3 Å². The Bertz CT molecular complexity index is 1170. The summed E-state index contributed by atoms with van der Waals surface area (Å²) in [7, 11) is -3.12. The highest BCUT2D eigenvalue weighted by Gasteiger charge is 2.27. The molecule has 8 nitrogen and oxygen atoms in total. The van der Waals surface area contributed by atoms with Crippen molar-refractivity contribution in [1.82, 2.24) is 9.88 Å². The first kappa shape index (κ1) is 18.2. The van der Waals surface area contributed by atoms with Crippen LogP contribution in [-0.4, -0.2) is 53.7 Å². The minimum Gasteiger partial charge on any atom is -0.349 e. The molecule has 0 unspecified atom stereocenters. The predicted molar refractivity (Wildman–Crippen MR) is 105 cm³/mol. The molecule has 0 atom stereocenters. The number of aromatic nitrogens is 1. The van der Waals surface area contributed by atoms with Gasteiger partial charge in [0.2, 0.25) is 0 Å². The smallest absolute Gasteiger partial charge is 0.294 e. The number of nitro benzene ring substituents is 1. The van der Waals surface area contributed by atoms with Gasteiger partial charge in [-0.1, -0.05) is 30.3 Å². The van der Waals surface area contributed by atoms with Gasteiger partial charge in [0.1, 0.15) is 5.52 Å². The van der Waals surface area contributed by atoms with E-state index in [1.165, 1.54) is 11.0 Å². The Kier molecular flexibility index (Phi) is 4.38. The molecule has 9 heteroatoms. The van der Waals surface area contributed by atoms with Gasteiger partial charge in [0.05, 0.1) is 16.4 Å². The van der Waals surface area contributed by atoms with Gasteiger partial charge in [0.25, 0.3) is 11.6 Å². The lowest BCUT2D eigenvalue weighted by Gasteiger charge is -2.26. The molecule has 1 saturated heterocycles. The van der Waals surface area contributed by atoms with Gasteiger partial charge in [-0.05, 0) is 17.7 Å². The van der Waals surface area contributed by atoms with E-state index < -0.39 is 20.7 Å². The van der Waals surface area contributed by atoms with E-state index >= 15 is 0 Å². The number of carbonyl (C=O) groups is 1. The van der Waals surface area contributed by atoms with Gasteiger partial charge >= 0.3 is 0 Å². The molecule has 0 aliphatic carbocycles.